The van der Waals surface area contributed by atoms with Crippen LogP contribution in [0.3, 0.4) is 0 Å². The van der Waals surface area contributed by atoms with Crippen molar-refractivity contribution in [3.05, 3.63) is 65.7 Å². The van der Waals surface area contributed by atoms with Gasteiger partial charge in [-0.15, -0.1) is 0 Å². The van der Waals surface area contributed by atoms with Gasteiger partial charge in [0.25, 0.3) is 5.91 Å². The third-order valence-electron chi connectivity index (χ3n) is 4.78. The summed E-state index contributed by atoms with van der Waals surface area (Å²) in [5.74, 6) is -0.994. The number of piperidine rings is 1. The lowest BCUT2D eigenvalue weighted by atomic mass is 10.1. The molecule has 156 valence electrons. The predicted octanol–water partition coefficient (Wildman–Crippen LogP) is 3.89. The molecular formula is C20H21F3N2O3S. The second kappa shape index (κ2) is 8.54. The molecule has 1 unspecified atom stereocenters. The van der Waals surface area contributed by atoms with Gasteiger partial charge in [-0.1, -0.05) is 42.8 Å². The van der Waals surface area contributed by atoms with Crippen molar-refractivity contribution < 1.29 is 26.4 Å². The molecule has 0 aromatic heterocycles. The number of carbonyl (C=O) groups is 1. The van der Waals surface area contributed by atoms with Gasteiger partial charge < -0.3 is 5.32 Å². The first kappa shape index (κ1) is 21.3. The summed E-state index contributed by atoms with van der Waals surface area (Å²) in [5.41, 5.74) is -0.251. The van der Waals surface area contributed by atoms with E-state index < -0.39 is 28.1 Å². The Labute approximate surface area is 167 Å². The van der Waals surface area contributed by atoms with Gasteiger partial charge in [-0.3, -0.25) is 4.79 Å². The van der Waals surface area contributed by atoms with Crippen molar-refractivity contribution in [3.63, 3.8) is 0 Å². The Morgan fingerprint density at radius 1 is 0.966 bits per heavy atom. The highest BCUT2D eigenvalue weighted by atomic mass is 32.2. The zero-order chi connectivity index (χ0) is 21.1. The highest BCUT2D eigenvalue weighted by Gasteiger charge is 2.42. The Morgan fingerprint density at radius 3 is 2.24 bits per heavy atom. The Morgan fingerprint density at radius 2 is 1.62 bits per heavy atom. The van der Waals surface area contributed by atoms with Crippen LogP contribution in [0.15, 0.2) is 59.5 Å². The molecule has 1 aliphatic heterocycles. The number of hydrogen-bond donors (Lipinski definition) is 1. The van der Waals surface area contributed by atoms with Crippen LogP contribution >= 0.6 is 0 Å². The molecule has 0 saturated carbocycles. The van der Waals surface area contributed by atoms with Gasteiger partial charge in [-0.2, -0.15) is 17.5 Å². The molecule has 1 aliphatic rings. The minimum absolute atomic E-state index is 0.102. The minimum atomic E-state index is -4.70. The summed E-state index contributed by atoms with van der Waals surface area (Å²) in [6.07, 6.45) is -2.24. The van der Waals surface area contributed by atoms with Crippen molar-refractivity contribution in [1.82, 2.24) is 9.62 Å². The van der Waals surface area contributed by atoms with Crippen molar-refractivity contribution in [2.75, 3.05) is 13.1 Å². The van der Waals surface area contributed by atoms with Gasteiger partial charge in [-0.25, -0.2) is 8.42 Å². The number of halogens is 3. The summed E-state index contributed by atoms with van der Waals surface area (Å²) in [4.78, 5) is 12.4. The number of nitrogens with zero attached hydrogens (tertiary/aromatic N) is 1. The third kappa shape index (κ3) is 4.97. The smallest absolute Gasteiger partial charge is 0.337 e. The molecule has 1 atom stereocenters. The summed E-state index contributed by atoms with van der Waals surface area (Å²) in [7, 11) is -3.80. The van der Waals surface area contributed by atoms with E-state index in [-0.39, 0.29) is 16.0 Å². The summed E-state index contributed by atoms with van der Waals surface area (Å²) in [6, 6.07) is 9.95. The van der Waals surface area contributed by atoms with Gasteiger partial charge in [0.2, 0.25) is 10.0 Å². The maximum atomic E-state index is 13.5. The monoisotopic (exact) mass is 426 g/mol. The predicted molar refractivity (Wildman–Crippen MR) is 102 cm³/mol. The first-order valence-electron chi connectivity index (χ1n) is 9.22. The van der Waals surface area contributed by atoms with E-state index >= 15 is 0 Å². The summed E-state index contributed by atoms with van der Waals surface area (Å²) in [6.45, 7) is 0.784. The van der Waals surface area contributed by atoms with E-state index in [1.807, 2.05) is 5.32 Å². The first-order chi connectivity index (χ1) is 13.7. The van der Waals surface area contributed by atoms with Crippen molar-refractivity contribution in [2.24, 2.45) is 0 Å². The van der Waals surface area contributed by atoms with Crippen molar-refractivity contribution >= 4 is 15.9 Å². The number of rotatable bonds is 5. The summed E-state index contributed by atoms with van der Waals surface area (Å²) < 4.78 is 67.3. The largest absolute Gasteiger partial charge is 0.412 e. The lowest BCUT2D eigenvalue weighted by molar-refractivity contribution is -0.155. The third-order valence-corrected chi connectivity index (χ3v) is 6.68. The van der Waals surface area contributed by atoms with Crippen LogP contribution in [0.2, 0.25) is 0 Å². The number of nitrogens with one attached hydrogen (secondary N) is 1. The molecule has 1 saturated heterocycles. The highest BCUT2D eigenvalue weighted by molar-refractivity contribution is 7.89. The second-order valence-electron chi connectivity index (χ2n) is 6.85. The summed E-state index contributed by atoms with van der Waals surface area (Å²) in [5, 5.41) is 1.98. The van der Waals surface area contributed by atoms with Gasteiger partial charge in [0.15, 0.2) is 6.04 Å². The van der Waals surface area contributed by atoms with Crippen LogP contribution in [-0.2, 0) is 10.0 Å². The quantitative estimate of drug-likeness (QED) is 0.789. The molecule has 0 bridgehead atoms. The lowest BCUT2D eigenvalue weighted by Crippen LogP contribution is -2.38. The van der Waals surface area contributed by atoms with Crippen molar-refractivity contribution in [2.45, 2.75) is 36.4 Å². The van der Waals surface area contributed by atoms with Crippen LogP contribution in [0.4, 0.5) is 13.2 Å². The van der Waals surface area contributed by atoms with Gasteiger partial charge in [0.1, 0.15) is 0 Å². The zero-order valence-corrected chi connectivity index (χ0v) is 16.3. The van der Waals surface area contributed by atoms with E-state index in [4.69, 9.17) is 0 Å². The molecule has 0 aliphatic carbocycles. The molecule has 1 N–H and O–H groups in total. The number of hydrogen-bond acceptors (Lipinski definition) is 3. The number of benzene rings is 2. The first-order valence-corrected chi connectivity index (χ1v) is 10.7. The molecule has 0 spiro atoms. The zero-order valence-electron chi connectivity index (χ0n) is 15.5. The van der Waals surface area contributed by atoms with Crippen LogP contribution in [0.25, 0.3) is 0 Å². The molecule has 1 heterocycles. The fourth-order valence-corrected chi connectivity index (χ4v) is 4.83. The number of sulfonamides is 1. The number of alkyl halides is 3. The highest BCUT2D eigenvalue weighted by Crippen LogP contribution is 2.33. The Balaban J connectivity index is 1.85. The lowest BCUT2D eigenvalue weighted by Gasteiger charge is -2.26. The molecule has 0 radical (unpaired) electrons. The van der Waals surface area contributed by atoms with Gasteiger partial charge in [-0.05, 0) is 36.6 Å². The molecule has 3 rings (SSSR count). The normalized spacial score (nSPS) is 16.9. The van der Waals surface area contributed by atoms with Crippen LogP contribution in [-0.4, -0.2) is 37.9 Å². The topological polar surface area (TPSA) is 66.5 Å². The van der Waals surface area contributed by atoms with Crippen molar-refractivity contribution in [1.29, 1.82) is 0 Å². The molecular weight excluding hydrogens is 405 g/mol. The molecule has 2 aromatic carbocycles. The second-order valence-corrected chi connectivity index (χ2v) is 8.79. The average molecular weight is 426 g/mol. The Kier molecular flexibility index (Phi) is 6.28. The van der Waals surface area contributed by atoms with Gasteiger partial charge >= 0.3 is 6.18 Å². The van der Waals surface area contributed by atoms with Crippen LogP contribution < -0.4 is 5.32 Å². The average Bonchev–Trinajstić information content (AvgIpc) is 2.72. The molecule has 9 heteroatoms. The fraction of sp³-hybridized carbons (Fsp3) is 0.350. The van der Waals surface area contributed by atoms with E-state index in [0.717, 1.165) is 25.3 Å². The van der Waals surface area contributed by atoms with Crippen LogP contribution in [0.5, 0.6) is 0 Å². The molecule has 2 aromatic rings. The van der Waals surface area contributed by atoms with Crippen LogP contribution in [0.1, 0.15) is 41.2 Å². The van der Waals surface area contributed by atoms with E-state index in [1.165, 1.54) is 46.8 Å². The van der Waals surface area contributed by atoms with E-state index in [2.05, 4.69) is 0 Å². The van der Waals surface area contributed by atoms with Gasteiger partial charge in [0, 0.05) is 18.7 Å². The molecule has 5 nitrogen and oxygen atoms in total. The maximum Gasteiger partial charge on any atom is 0.412 e. The van der Waals surface area contributed by atoms with Crippen LogP contribution in [0, 0.1) is 0 Å². The molecule has 1 amide bonds. The van der Waals surface area contributed by atoms with Crippen molar-refractivity contribution in [3.8, 4) is 0 Å². The maximum absolute atomic E-state index is 13.5. The minimum Gasteiger partial charge on any atom is -0.337 e. The Hall–Kier alpha value is -2.39. The van der Waals surface area contributed by atoms with E-state index in [9.17, 15) is 26.4 Å². The van der Waals surface area contributed by atoms with E-state index in [0.29, 0.717) is 13.1 Å². The SMILES string of the molecule is O=C(NC(c1ccccc1)C(F)(F)F)c1cccc(S(=O)(=O)N2CCCCC2)c1. The van der Waals surface area contributed by atoms with E-state index in [1.54, 1.807) is 6.07 Å². The van der Waals surface area contributed by atoms with Gasteiger partial charge in [0.05, 0.1) is 4.90 Å². The Bertz CT molecular complexity index is 956. The number of carbonyl (C=O) groups excluding carboxylic acids is 1. The molecule has 29 heavy (non-hydrogen) atoms. The molecule has 1 fully saturated rings. The standard InChI is InChI=1S/C20H21F3N2O3S/c21-20(22,23)18(15-8-3-1-4-9-15)24-19(26)16-10-7-11-17(14-16)29(27,28)25-12-5-2-6-13-25/h1,3-4,7-11,14,18H,2,5-6,12-13H2,(H,24,26). The summed E-state index contributed by atoms with van der Waals surface area (Å²) >= 11 is 0. The fourth-order valence-electron chi connectivity index (χ4n) is 3.27. The number of amides is 1.